The monoisotopic (exact) mass is 393 g/mol. The van der Waals surface area contributed by atoms with Gasteiger partial charge in [0.2, 0.25) is 0 Å². The van der Waals surface area contributed by atoms with E-state index in [2.05, 4.69) is 32.3 Å². The second kappa shape index (κ2) is 9.64. The average Bonchev–Trinajstić information content (AvgIpc) is 3.29. The number of hydrogen-bond donors (Lipinski definition) is 1. The Morgan fingerprint density at radius 2 is 1.97 bits per heavy atom. The van der Waals surface area contributed by atoms with Gasteiger partial charge >= 0.3 is 0 Å². The van der Waals surface area contributed by atoms with Crippen molar-refractivity contribution >= 4 is 5.96 Å². The van der Waals surface area contributed by atoms with Gasteiger partial charge in [-0.25, -0.2) is 4.98 Å². The second-order valence-electron chi connectivity index (χ2n) is 6.53. The number of nitrogens with zero attached hydrogens (tertiary/aromatic N) is 4. The van der Waals surface area contributed by atoms with Crippen LogP contribution in [0, 0.1) is 0 Å². The number of benzene rings is 2. The minimum Gasteiger partial charge on any atom is -0.497 e. The molecule has 0 aliphatic carbocycles. The van der Waals surface area contributed by atoms with Crippen molar-refractivity contribution < 1.29 is 9.47 Å². The highest BCUT2D eigenvalue weighted by atomic mass is 16.5. The lowest BCUT2D eigenvalue weighted by atomic mass is 10.1. The fourth-order valence-corrected chi connectivity index (χ4v) is 3.19. The standard InChI is InChI=1S/C22H27N5O2/c1-23-22(26(2)15-18-9-10-19(28-3)13-21(18)29-4)25-14-17-7-5-6-8-20(17)27-12-11-24-16-27/h5-13,16H,14-15H2,1-4H3,(H,23,25). The molecule has 7 heteroatoms. The predicted molar refractivity (Wildman–Crippen MR) is 115 cm³/mol. The third kappa shape index (κ3) is 4.87. The first-order valence-corrected chi connectivity index (χ1v) is 9.35. The molecule has 0 saturated heterocycles. The van der Waals surface area contributed by atoms with E-state index in [-0.39, 0.29) is 0 Å². The highest BCUT2D eigenvalue weighted by Gasteiger charge is 2.12. The number of imidazole rings is 1. The third-order valence-corrected chi connectivity index (χ3v) is 4.69. The molecule has 0 fully saturated rings. The predicted octanol–water partition coefficient (Wildman–Crippen LogP) is 3.10. The van der Waals surface area contributed by atoms with Crippen molar-refractivity contribution in [2.45, 2.75) is 13.1 Å². The molecule has 0 radical (unpaired) electrons. The van der Waals surface area contributed by atoms with Gasteiger partial charge in [-0.2, -0.15) is 0 Å². The van der Waals surface area contributed by atoms with Crippen LogP contribution in [0.15, 0.2) is 66.2 Å². The lowest BCUT2D eigenvalue weighted by Gasteiger charge is -2.24. The molecule has 7 nitrogen and oxygen atoms in total. The first-order chi connectivity index (χ1) is 14.2. The van der Waals surface area contributed by atoms with Crippen molar-refractivity contribution in [3.05, 3.63) is 72.3 Å². The van der Waals surface area contributed by atoms with E-state index in [9.17, 15) is 0 Å². The summed E-state index contributed by atoms with van der Waals surface area (Å²) in [5.74, 6) is 2.35. The van der Waals surface area contributed by atoms with Crippen molar-refractivity contribution in [2.24, 2.45) is 4.99 Å². The molecule has 0 amide bonds. The summed E-state index contributed by atoms with van der Waals surface area (Å²) in [6.07, 6.45) is 5.52. The second-order valence-corrected chi connectivity index (χ2v) is 6.53. The van der Waals surface area contributed by atoms with Gasteiger partial charge in [0.05, 0.1) is 26.2 Å². The van der Waals surface area contributed by atoms with Gasteiger partial charge in [0, 0.05) is 51.2 Å². The minimum absolute atomic E-state index is 0.644. The van der Waals surface area contributed by atoms with Gasteiger partial charge in [0.1, 0.15) is 11.5 Å². The van der Waals surface area contributed by atoms with Gasteiger partial charge in [-0.15, -0.1) is 0 Å². The van der Waals surface area contributed by atoms with Crippen LogP contribution in [0.25, 0.3) is 5.69 Å². The molecule has 3 rings (SSSR count). The van der Waals surface area contributed by atoms with Crippen molar-refractivity contribution in [1.29, 1.82) is 0 Å². The molecule has 0 saturated carbocycles. The number of aliphatic imine (C=N–C) groups is 1. The van der Waals surface area contributed by atoms with Gasteiger partial charge in [-0.05, 0) is 23.8 Å². The molecular weight excluding hydrogens is 366 g/mol. The molecule has 1 N–H and O–H groups in total. The van der Waals surface area contributed by atoms with E-state index < -0.39 is 0 Å². The van der Waals surface area contributed by atoms with Crippen molar-refractivity contribution in [3.8, 4) is 17.2 Å². The number of guanidine groups is 1. The van der Waals surface area contributed by atoms with Crippen molar-refractivity contribution in [2.75, 3.05) is 28.3 Å². The molecule has 0 aliphatic rings. The van der Waals surface area contributed by atoms with Crippen LogP contribution in [0.5, 0.6) is 11.5 Å². The Kier molecular flexibility index (Phi) is 6.73. The maximum atomic E-state index is 5.51. The van der Waals surface area contributed by atoms with Gasteiger partial charge in [0.25, 0.3) is 0 Å². The topological polar surface area (TPSA) is 63.9 Å². The molecule has 0 aliphatic heterocycles. The Balaban J connectivity index is 1.70. The number of ether oxygens (including phenoxy) is 2. The molecule has 0 atom stereocenters. The number of para-hydroxylation sites is 1. The SMILES string of the molecule is CN=C(NCc1ccccc1-n1ccnc1)N(C)Cc1ccc(OC)cc1OC. The maximum absolute atomic E-state index is 5.51. The summed E-state index contributed by atoms with van der Waals surface area (Å²) >= 11 is 0. The lowest BCUT2D eigenvalue weighted by Crippen LogP contribution is -2.38. The van der Waals surface area contributed by atoms with Gasteiger partial charge in [-0.1, -0.05) is 18.2 Å². The van der Waals surface area contributed by atoms with Crippen molar-refractivity contribution in [1.82, 2.24) is 19.8 Å². The normalized spacial score (nSPS) is 11.2. The lowest BCUT2D eigenvalue weighted by molar-refractivity contribution is 0.382. The Bertz CT molecular complexity index is 954. The summed E-state index contributed by atoms with van der Waals surface area (Å²) in [5.41, 5.74) is 3.30. The Morgan fingerprint density at radius 3 is 2.66 bits per heavy atom. The molecule has 152 valence electrons. The smallest absolute Gasteiger partial charge is 0.193 e. The van der Waals surface area contributed by atoms with E-state index in [1.54, 1.807) is 33.8 Å². The van der Waals surface area contributed by atoms with Crippen LogP contribution in [0.2, 0.25) is 0 Å². The van der Waals surface area contributed by atoms with Gasteiger partial charge < -0.3 is 24.3 Å². The minimum atomic E-state index is 0.644. The number of aromatic nitrogens is 2. The van der Waals surface area contributed by atoms with E-state index in [0.29, 0.717) is 13.1 Å². The largest absolute Gasteiger partial charge is 0.497 e. The fraction of sp³-hybridized carbons (Fsp3) is 0.273. The number of methoxy groups -OCH3 is 2. The molecule has 1 heterocycles. The maximum Gasteiger partial charge on any atom is 0.193 e. The van der Waals surface area contributed by atoms with E-state index in [0.717, 1.165) is 34.3 Å². The van der Waals surface area contributed by atoms with Crippen LogP contribution in [0.3, 0.4) is 0 Å². The van der Waals surface area contributed by atoms with Crippen LogP contribution < -0.4 is 14.8 Å². The molecule has 0 spiro atoms. The molecule has 3 aromatic rings. The highest BCUT2D eigenvalue weighted by molar-refractivity contribution is 5.79. The molecule has 0 bridgehead atoms. The van der Waals surface area contributed by atoms with Crippen LogP contribution in [-0.4, -0.2) is 48.7 Å². The third-order valence-electron chi connectivity index (χ3n) is 4.69. The number of nitrogens with one attached hydrogen (secondary N) is 1. The zero-order valence-electron chi connectivity index (χ0n) is 17.3. The van der Waals surface area contributed by atoms with E-state index in [1.807, 2.05) is 48.1 Å². The molecule has 2 aromatic carbocycles. The number of hydrogen-bond acceptors (Lipinski definition) is 4. The fourth-order valence-electron chi connectivity index (χ4n) is 3.19. The first-order valence-electron chi connectivity index (χ1n) is 9.35. The van der Waals surface area contributed by atoms with E-state index in [1.165, 1.54) is 0 Å². The molecule has 29 heavy (non-hydrogen) atoms. The molecule has 1 aromatic heterocycles. The quantitative estimate of drug-likeness (QED) is 0.494. The first kappa shape index (κ1) is 20.3. The summed E-state index contributed by atoms with van der Waals surface area (Å²) in [7, 11) is 7.10. The Hall–Kier alpha value is -3.48. The van der Waals surface area contributed by atoms with Crippen LogP contribution >= 0.6 is 0 Å². The Morgan fingerprint density at radius 1 is 1.14 bits per heavy atom. The van der Waals surface area contributed by atoms with Gasteiger partial charge in [-0.3, -0.25) is 4.99 Å². The summed E-state index contributed by atoms with van der Waals surface area (Å²) < 4.78 is 12.8. The zero-order valence-corrected chi connectivity index (χ0v) is 17.3. The van der Waals surface area contributed by atoms with E-state index in [4.69, 9.17) is 9.47 Å². The number of rotatable bonds is 7. The average molecular weight is 393 g/mol. The summed E-state index contributed by atoms with van der Waals surface area (Å²) in [5, 5.41) is 3.44. The van der Waals surface area contributed by atoms with Crippen LogP contribution in [-0.2, 0) is 13.1 Å². The van der Waals surface area contributed by atoms with Crippen LogP contribution in [0.1, 0.15) is 11.1 Å². The Labute approximate surface area is 171 Å². The molecule has 0 unspecified atom stereocenters. The highest BCUT2D eigenvalue weighted by Crippen LogP contribution is 2.25. The zero-order chi connectivity index (χ0) is 20.6. The summed E-state index contributed by atoms with van der Waals surface area (Å²) in [6, 6.07) is 14.1. The van der Waals surface area contributed by atoms with Crippen molar-refractivity contribution in [3.63, 3.8) is 0 Å². The summed E-state index contributed by atoms with van der Waals surface area (Å²) in [6.45, 7) is 1.29. The molecular formula is C22H27N5O2. The van der Waals surface area contributed by atoms with E-state index >= 15 is 0 Å². The van der Waals surface area contributed by atoms with Gasteiger partial charge in [0.15, 0.2) is 5.96 Å². The van der Waals surface area contributed by atoms with Crippen LogP contribution in [0.4, 0.5) is 0 Å². The summed E-state index contributed by atoms with van der Waals surface area (Å²) in [4.78, 5) is 10.6.